The standard InChI is InChI=1S/C18H21N5O5S2/c1-30(27,28)23-13-4-2-3-12(7-13)20-16(25)8-14-10-29-18(21-14)22-17(26)11-5-6-15(24)19-9-11/h2-4,7,10-11,23H,5-6,8-9H2,1H3,(H,19,24)(H,20,25)(H,21,22,26). The first-order chi connectivity index (χ1) is 14.2. The Morgan fingerprint density at radius 2 is 2.03 bits per heavy atom. The molecular formula is C18H21N5O5S2. The molecule has 0 bridgehead atoms. The first kappa shape index (κ1) is 21.7. The van der Waals surface area contributed by atoms with Gasteiger partial charge in [0.05, 0.1) is 30.0 Å². The highest BCUT2D eigenvalue weighted by Crippen LogP contribution is 2.20. The molecule has 10 nitrogen and oxygen atoms in total. The van der Waals surface area contributed by atoms with Crippen molar-refractivity contribution in [3.63, 3.8) is 0 Å². The van der Waals surface area contributed by atoms with E-state index in [1.165, 1.54) is 17.4 Å². The molecule has 2 aromatic rings. The minimum Gasteiger partial charge on any atom is -0.355 e. The summed E-state index contributed by atoms with van der Waals surface area (Å²) >= 11 is 1.21. The van der Waals surface area contributed by atoms with Crippen LogP contribution >= 0.6 is 11.3 Å². The lowest BCUT2D eigenvalue weighted by Crippen LogP contribution is -2.40. The molecule has 2 heterocycles. The predicted molar refractivity (Wildman–Crippen MR) is 114 cm³/mol. The average molecular weight is 452 g/mol. The molecule has 0 saturated carbocycles. The van der Waals surface area contributed by atoms with E-state index in [0.717, 1.165) is 6.26 Å². The lowest BCUT2D eigenvalue weighted by atomic mass is 9.98. The maximum atomic E-state index is 12.3. The Morgan fingerprint density at radius 1 is 1.27 bits per heavy atom. The average Bonchev–Trinajstić information content (AvgIpc) is 3.07. The number of piperidine rings is 1. The molecule has 0 radical (unpaired) electrons. The third-order valence-corrected chi connectivity index (χ3v) is 5.62. The van der Waals surface area contributed by atoms with Crippen molar-refractivity contribution < 1.29 is 22.8 Å². The van der Waals surface area contributed by atoms with Crippen LogP contribution in [0.3, 0.4) is 0 Å². The first-order valence-electron chi connectivity index (χ1n) is 9.07. The fraction of sp³-hybridized carbons (Fsp3) is 0.333. The molecule has 1 aromatic carbocycles. The highest BCUT2D eigenvalue weighted by molar-refractivity contribution is 7.92. The van der Waals surface area contributed by atoms with Crippen molar-refractivity contribution in [2.75, 3.05) is 28.2 Å². The minimum atomic E-state index is -3.42. The van der Waals surface area contributed by atoms with E-state index < -0.39 is 10.0 Å². The van der Waals surface area contributed by atoms with E-state index in [9.17, 15) is 22.8 Å². The number of nitrogens with one attached hydrogen (secondary N) is 4. The van der Waals surface area contributed by atoms with Crippen molar-refractivity contribution >= 4 is 55.6 Å². The molecule has 160 valence electrons. The summed E-state index contributed by atoms with van der Waals surface area (Å²) in [7, 11) is -3.42. The van der Waals surface area contributed by atoms with Gasteiger partial charge in [-0.25, -0.2) is 13.4 Å². The zero-order valence-electron chi connectivity index (χ0n) is 16.1. The van der Waals surface area contributed by atoms with Crippen LogP contribution in [-0.4, -0.2) is 43.9 Å². The van der Waals surface area contributed by atoms with Gasteiger partial charge in [0.25, 0.3) is 0 Å². The van der Waals surface area contributed by atoms with Gasteiger partial charge in [-0.05, 0) is 24.6 Å². The van der Waals surface area contributed by atoms with E-state index in [4.69, 9.17) is 0 Å². The van der Waals surface area contributed by atoms with E-state index in [0.29, 0.717) is 41.6 Å². The number of rotatable bonds is 7. The molecule has 0 spiro atoms. The van der Waals surface area contributed by atoms with Gasteiger partial charge in [-0.1, -0.05) is 6.07 Å². The molecule has 3 rings (SSSR count). The van der Waals surface area contributed by atoms with Crippen LogP contribution in [0.4, 0.5) is 16.5 Å². The summed E-state index contributed by atoms with van der Waals surface area (Å²) in [5.74, 6) is -0.898. The molecule has 1 aliphatic heterocycles. The van der Waals surface area contributed by atoms with Crippen molar-refractivity contribution in [3.05, 3.63) is 35.3 Å². The second kappa shape index (κ2) is 9.22. The topological polar surface area (TPSA) is 146 Å². The van der Waals surface area contributed by atoms with Crippen LogP contribution < -0.4 is 20.7 Å². The van der Waals surface area contributed by atoms with Gasteiger partial charge in [0.1, 0.15) is 0 Å². The van der Waals surface area contributed by atoms with Crippen LogP contribution in [0.1, 0.15) is 18.5 Å². The van der Waals surface area contributed by atoms with Gasteiger partial charge >= 0.3 is 0 Å². The third-order valence-electron chi connectivity index (χ3n) is 4.21. The van der Waals surface area contributed by atoms with Crippen LogP contribution in [0.2, 0.25) is 0 Å². The Morgan fingerprint density at radius 3 is 2.73 bits per heavy atom. The Balaban J connectivity index is 1.53. The lowest BCUT2D eigenvalue weighted by molar-refractivity contribution is -0.126. The smallest absolute Gasteiger partial charge is 0.231 e. The molecule has 1 fully saturated rings. The molecule has 12 heteroatoms. The number of sulfonamides is 1. The van der Waals surface area contributed by atoms with E-state index in [2.05, 4.69) is 25.7 Å². The largest absolute Gasteiger partial charge is 0.355 e. The highest BCUT2D eigenvalue weighted by atomic mass is 32.2. The van der Waals surface area contributed by atoms with Gasteiger partial charge in [-0.15, -0.1) is 11.3 Å². The minimum absolute atomic E-state index is 0.00438. The van der Waals surface area contributed by atoms with E-state index in [-0.39, 0.29) is 30.1 Å². The van der Waals surface area contributed by atoms with Crippen LogP contribution in [0.25, 0.3) is 0 Å². The van der Waals surface area contributed by atoms with E-state index in [1.54, 1.807) is 23.6 Å². The van der Waals surface area contributed by atoms with Crippen LogP contribution in [-0.2, 0) is 30.8 Å². The number of carbonyl (C=O) groups is 3. The molecule has 1 atom stereocenters. The number of nitrogens with zero attached hydrogens (tertiary/aromatic N) is 1. The summed E-state index contributed by atoms with van der Waals surface area (Å²) in [5.41, 5.74) is 1.28. The van der Waals surface area contributed by atoms with Gasteiger partial charge in [0.15, 0.2) is 5.13 Å². The number of benzene rings is 1. The monoisotopic (exact) mass is 451 g/mol. The molecule has 1 unspecified atom stereocenters. The molecule has 1 aliphatic rings. The highest BCUT2D eigenvalue weighted by Gasteiger charge is 2.25. The number of aromatic nitrogens is 1. The normalized spacial score (nSPS) is 16.4. The number of amides is 3. The first-order valence-corrected chi connectivity index (χ1v) is 11.8. The maximum Gasteiger partial charge on any atom is 0.231 e. The van der Waals surface area contributed by atoms with Crippen LogP contribution in [0.15, 0.2) is 29.6 Å². The van der Waals surface area contributed by atoms with Crippen LogP contribution in [0.5, 0.6) is 0 Å². The van der Waals surface area contributed by atoms with Gasteiger partial charge in [-0.2, -0.15) is 0 Å². The Kier molecular flexibility index (Phi) is 6.67. The lowest BCUT2D eigenvalue weighted by Gasteiger charge is -2.20. The van der Waals surface area contributed by atoms with Crippen molar-refractivity contribution in [2.24, 2.45) is 5.92 Å². The summed E-state index contributed by atoms with van der Waals surface area (Å²) in [6.07, 6.45) is 1.85. The number of thiazole rings is 1. The van der Waals surface area contributed by atoms with Crippen molar-refractivity contribution in [2.45, 2.75) is 19.3 Å². The summed E-state index contributed by atoms with van der Waals surface area (Å²) in [6, 6.07) is 6.34. The number of hydrogen-bond donors (Lipinski definition) is 4. The molecule has 3 amide bonds. The van der Waals surface area contributed by atoms with Crippen molar-refractivity contribution in [1.29, 1.82) is 0 Å². The summed E-state index contributed by atoms with van der Waals surface area (Å²) in [4.78, 5) is 40.0. The molecule has 0 aliphatic carbocycles. The zero-order chi connectivity index (χ0) is 21.7. The SMILES string of the molecule is CS(=O)(=O)Nc1cccc(NC(=O)Cc2csc(NC(=O)C3CCC(=O)NC3)n2)c1. The molecule has 30 heavy (non-hydrogen) atoms. The van der Waals surface area contributed by atoms with Gasteiger partial charge in [0.2, 0.25) is 27.7 Å². The van der Waals surface area contributed by atoms with E-state index >= 15 is 0 Å². The maximum absolute atomic E-state index is 12.3. The summed E-state index contributed by atoms with van der Waals surface area (Å²) in [5, 5.41) is 10.1. The summed E-state index contributed by atoms with van der Waals surface area (Å²) < 4.78 is 25.0. The fourth-order valence-electron chi connectivity index (χ4n) is 2.85. The van der Waals surface area contributed by atoms with Crippen LogP contribution in [0, 0.1) is 5.92 Å². The van der Waals surface area contributed by atoms with Crippen molar-refractivity contribution in [3.8, 4) is 0 Å². The Labute approximate surface area is 177 Å². The van der Waals surface area contributed by atoms with Gasteiger partial charge in [-0.3, -0.25) is 19.1 Å². The fourth-order valence-corrected chi connectivity index (χ4v) is 4.12. The quantitative estimate of drug-likeness (QED) is 0.497. The predicted octanol–water partition coefficient (Wildman–Crippen LogP) is 1.16. The molecule has 1 aromatic heterocycles. The second-order valence-corrected chi connectivity index (χ2v) is 9.46. The second-order valence-electron chi connectivity index (χ2n) is 6.85. The van der Waals surface area contributed by atoms with Gasteiger partial charge in [0, 0.05) is 24.0 Å². The molecule has 4 N–H and O–H groups in total. The van der Waals surface area contributed by atoms with E-state index in [1.807, 2.05) is 0 Å². The molecule has 1 saturated heterocycles. The Bertz CT molecular complexity index is 1060. The number of anilines is 3. The zero-order valence-corrected chi connectivity index (χ0v) is 17.7. The number of carbonyl (C=O) groups excluding carboxylic acids is 3. The van der Waals surface area contributed by atoms with Crippen molar-refractivity contribution in [1.82, 2.24) is 10.3 Å². The number of hydrogen-bond acceptors (Lipinski definition) is 7. The van der Waals surface area contributed by atoms with Gasteiger partial charge < -0.3 is 16.0 Å². The summed E-state index contributed by atoms with van der Waals surface area (Å²) in [6.45, 7) is 0.304. The third kappa shape index (κ3) is 6.52. The Hall–Kier alpha value is -2.99. The molecular weight excluding hydrogens is 430 g/mol.